The Labute approximate surface area is 87.4 Å². The highest BCUT2D eigenvalue weighted by Crippen LogP contribution is 2.14. The first-order chi connectivity index (χ1) is 6.70. The summed E-state index contributed by atoms with van der Waals surface area (Å²) in [6.07, 6.45) is 2.02. The van der Waals surface area contributed by atoms with Gasteiger partial charge in [0.2, 0.25) is 0 Å². The minimum Gasteiger partial charge on any atom is -0.396 e. The third-order valence-electron chi connectivity index (χ3n) is 2.17. The smallest absolute Gasteiger partial charge is 0.0700 e. The van der Waals surface area contributed by atoms with Crippen LogP contribution >= 0.6 is 0 Å². The van der Waals surface area contributed by atoms with Crippen molar-refractivity contribution in [3.05, 3.63) is 0 Å². The van der Waals surface area contributed by atoms with Crippen molar-refractivity contribution in [1.29, 1.82) is 0 Å². The third kappa shape index (κ3) is 8.48. The molecule has 0 saturated carbocycles. The van der Waals surface area contributed by atoms with Crippen LogP contribution in [0.1, 0.15) is 26.7 Å². The summed E-state index contributed by atoms with van der Waals surface area (Å²) < 4.78 is 10.2. The monoisotopic (exact) mass is 204 g/mol. The van der Waals surface area contributed by atoms with Crippen molar-refractivity contribution < 1.29 is 14.6 Å². The topological polar surface area (TPSA) is 38.7 Å². The number of methoxy groups -OCH3 is 1. The van der Waals surface area contributed by atoms with Crippen molar-refractivity contribution in [2.45, 2.75) is 26.7 Å². The Balaban J connectivity index is 3.33. The van der Waals surface area contributed by atoms with Crippen LogP contribution in [-0.2, 0) is 9.47 Å². The maximum absolute atomic E-state index is 9.10. The van der Waals surface area contributed by atoms with E-state index in [0.29, 0.717) is 25.0 Å². The van der Waals surface area contributed by atoms with Gasteiger partial charge in [-0.05, 0) is 24.7 Å². The predicted molar refractivity (Wildman–Crippen MR) is 57.3 cm³/mol. The fourth-order valence-electron chi connectivity index (χ4n) is 1.44. The zero-order chi connectivity index (χ0) is 10.8. The quantitative estimate of drug-likeness (QED) is 0.581. The molecule has 1 unspecified atom stereocenters. The second kappa shape index (κ2) is 9.44. The number of aliphatic hydroxyl groups is 1. The SMILES string of the molecule is COCCOCCC(CO)CC(C)C. The van der Waals surface area contributed by atoms with Gasteiger partial charge in [0, 0.05) is 20.3 Å². The Morgan fingerprint density at radius 1 is 1.14 bits per heavy atom. The molecule has 86 valence electrons. The van der Waals surface area contributed by atoms with E-state index in [0.717, 1.165) is 19.4 Å². The van der Waals surface area contributed by atoms with Gasteiger partial charge in [0.15, 0.2) is 0 Å². The second-order valence-electron chi connectivity index (χ2n) is 4.07. The molecule has 0 aliphatic rings. The average molecular weight is 204 g/mol. The fraction of sp³-hybridized carbons (Fsp3) is 1.00. The van der Waals surface area contributed by atoms with Gasteiger partial charge in [-0.25, -0.2) is 0 Å². The predicted octanol–water partition coefficient (Wildman–Crippen LogP) is 1.69. The standard InChI is InChI=1S/C11H24O3/c1-10(2)8-11(9-12)4-5-14-7-6-13-3/h10-12H,4-9H2,1-3H3. The van der Waals surface area contributed by atoms with E-state index in [1.54, 1.807) is 7.11 Å². The summed E-state index contributed by atoms with van der Waals surface area (Å²) in [7, 11) is 1.67. The Morgan fingerprint density at radius 3 is 2.36 bits per heavy atom. The van der Waals surface area contributed by atoms with Gasteiger partial charge in [-0.1, -0.05) is 13.8 Å². The van der Waals surface area contributed by atoms with Gasteiger partial charge in [0.1, 0.15) is 0 Å². The van der Waals surface area contributed by atoms with Crippen LogP contribution in [0.2, 0.25) is 0 Å². The summed E-state index contributed by atoms with van der Waals surface area (Å²) in [6, 6.07) is 0. The molecule has 0 aromatic carbocycles. The van der Waals surface area contributed by atoms with Crippen LogP contribution in [0.5, 0.6) is 0 Å². The van der Waals surface area contributed by atoms with Gasteiger partial charge < -0.3 is 14.6 Å². The third-order valence-corrected chi connectivity index (χ3v) is 2.17. The number of ether oxygens (including phenoxy) is 2. The van der Waals surface area contributed by atoms with E-state index in [2.05, 4.69) is 13.8 Å². The summed E-state index contributed by atoms with van der Waals surface area (Å²) in [6.45, 7) is 6.64. The van der Waals surface area contributed by atoms with Crippen LogP contribution in [0.25, 0.3) is 0 Å². The Bertz CT molecular complexity index is 115. The molecule has 0 aromatic heterocycles. The summed E-state index contributed by atoms with van der Waals surface area (Å²) in [4.78, 5) is 0. The molecular weight excluding hydrogens is 180 g/mol. The first-order valence-electron chi connectivity index (χ1n) is 5.38. The van der Waals surface area contributed by atoms with Crippen LogP contribution in [0.4, 0.5) is 0 Å². The Hall–Kier alpha value is -0.120. The van der Waals surface area contributed by atoms with Gasteiger partial charge in [0.05, 0.1) is 13.2 Å². The molecule has 0 aliphatic carbocycles. The average Bonchev–Trinajstić information content (AvgIpc) is 2.15. The molecule has 3 nitrogen and oxygen atoms in total. The van der Waals surface area contributed by atoms with Crippen LogP contribution in [0.3, 0.4) is 0 Å². The minimum absolute atomic E-state index is 0.270. The lowest BCUT2D eigenvalue weighted by atomic mass is 9.95. The Morgan fingerprint density at radius 2 is 1.86 bits per heavy atom. The molecule has 0 radical (unpaired) electrons. The molecule has 0 amide bonds. The van der Waals surface area contributed by atoms with E-state index >= 15 is 0 Å². The van der Waals surface area contributed by atoms with E-state index in [4.69, 9.17) is 14.6 Å². The maximum Gasteiger partial charge on any atom is 0.0700 e. The highest BCUT2D eigenvalue weighted by Gasteiger charge is 2.09. The normalized spacial score (nSPS) is 13.5. The van der Waals surface area contributed by atoms with E-state index < -0.39 is 0 Å². The zero-order valence-corrected chi connectivity index (χ0v) is 9.66. The van der Waals surface area contributed by atoms with Crippen molar-refractivity contribution in [1.82, 2.24) is 0 Å². The largest absolute Gasteiger partial charge is 0.396 e. The fourth-order valence-corrected chi connectivity index (χ4v) is 1.44. The lowest BCUT2D eigenvalue weighted by Gasteiger charge is -2.16. The molecule has 0 fully saturated rings. The highest BCUT2D eigenvalue weighted by atomic mass is 16.5. The van der Waals surface area contributed by atoms with E-state index in [-0.39, 0.29) is 6.61 Å². The maximum atomic E-state index is 9.10. The lowest BCUT2D eigenvalue weighted by molar-refractivity contribution is 0.0566. The van der Waals surface area contributed by atoms with Crippen LogP contribution in [0.15, 0.2) is 0 Å². The van der Waals surface area contributed by atoms with E-state index in [1.165, 1.54) is 0 Å². The number of rotatable bonds is 9. The van der Waals surface area contributed by atoms with E-state index in [1.807, 2.05) is 0 Å². The van der Waals surface area contributed by atoms with Crippen LogP contribution < -0.4 is 0 Å². The van der Waals surface area contributed by atoms with Crippen molar-refractivity contribution in [3.8, 4) is 0 Å². The van der Waals surface area contributed by atoms with Crippen LogP contribution in [-0.4, -0.2) is 38.6 Å². The van der Waals surface area contributed by atoms with Crippen molar-refractivity contribution in [3.63, 3.8) is 0 Å². The minimum atomic E-state index is 0.270. The molecule has 0 rings (SSSR count). The summed E-state index contributed by atoms with van der Waals surface area (Å²) in [5.41, 5.74) is 0. The molecule has 3 heteroatoms. The summed E-state index contributed by atoms with van der Waals surface area (Å²) in [5, 5.41) is 9.10. The molecule has 0 spiro atoms. The van der Waals surface area contributed by atoms with Crippen molar-refractivity contribution >= 4 is 0 Å². The molecule has 0 aromatic rings. The first kappa shape index (κ1) is 13.9. The molecule has 0 bridgehead atoms. The number of aliphatic hydroxyl groups excluding tert-OH is 1. The molecule has 0 saturated heterocycles. The Kier molecular flexibility index (Phi) is 9.35. The van der Waals surface area contributed by atoms with Gasteiger partial charge >= 0.3 is 0 Å². The number of hydrogen-bond acceptors (Lipinski definition) is 3. The van der Waals surface area contributed by atoms with Crippen molar-refractivity contribution in [2.24, 2.45) is 11.8 Å². The van der Waals surface area contributed by atoms with Gasteiger partial charge in [-0.3, -0.25) is 0 Å². The molecule has 1 atom stereocenters. The summed E-state index contributed by atoms with van der Waals surface area (Å²) >= 11 is 0. The highest BCUT2D eigenvalue weighted by molar-refractivity contribution is 4.59. The van der Waals surface area contributed by atoms with Crippen molar-refractivity contribution in [2.75, 3.05) is 33.5 Å². The van der Waals surface area contributed by atoms with Gasteiger partial charge in [-0.2, -0.15) is 0 Å². The molecule has 0 heterocycles. The first-order valence-corrected chi connectivity index (χ1v) is 5.38. The zero-order valence-electron chi connectivity index (χ0n) is 9.66. The van der Waals surface area contributed by atoms with Gasteiger partial charge in [0.25, 0.3) is 0 Å². The molecular formula is C11H24O3. The number of hydrogen-bond donors (Lipinski definition) is 1. The molecule has 1 N–H and O–H groups in total. The van der Waals surface area contributed by atoms with Gasteiger partial charge in [-0.15, -0.1) is 0 Å². The molecule has 14 heavy (non-hydrogen) atoms. The second-order valence-corrected chi connectivity index (χ2v) is 4.07. The lowest BCUT2D eigenvalue weighted by Crippen LogP contribution is -2.13. The van der Waals surface area contributed by atoms with E-state index in [9.17, 15) is 0 Å². The summed E-state index contributed by atoms with van der Waals surface area (Å²) in [5.74, 6) is 1.03. The van der Waals surface area contributed by atoms with Crippen LogP contribution in [0, 0.1) is 11.8 Å². The molecule has 0 aliphatic heterocycles.